The predicted octanol–water partition coefficient (Wildman–Crippen LogP) is 0.782. The third-order valence-corrected chi connectivity index (χ3v) is 4.24. The molecule has 1 aliphatic heterocycles. The third-order valence-electron chi connectivity index (χ3n) is 3.20. The van der Waals surface area contributed by atoms with Crippen LogP contribution in [0.1, 0.15) is 17.6 Å². The number of aromatic nitrogens is 1. The highest BCUT2D eigenvalue weighted by molar-refractivity contribution is 7.09. The molecule has 2 heterocycles. The van der Waals surface area contributed by atoms with Gasteiger partial charge in [-0.25, -0.2) is 4.98 Å². The minimum atomic E-state index is 0.770. The Labute approximate surface area is 107 Å². The Balaban J connectivity index is 1.77. The summed E-state index contributed by atoms with van der Waals surface area (Å²) in [7, 11) is 0. The molecule has 1 saturated heterocycles. The summed E-state index contributed by atoms with van der Waals surface area (Å²) in [6.45, 7) is 9.53. The van der Waals surface area contributed by atoms with Crippen molar-refractivity contribution >= 4 is 11.3 Å². The third kappa shape index (κ3) is 3.74. The lowest BCUT2D eigenvalue weighted by atomic mass is 10.3. The first kappa shape index (κ1) is 13.0. The molecule has 0 atom stereocenters. The molecule has 17 heavy (non-hydrogen) atoms. The van der Waals surface area contributed by atoms with Crippen LogP contribution >= 0.6 is 11.3 Å². The fourth-order valence-corrected chi connectivity index (χ4v) is 2.90. The summed E-state index contributed by atoms with van der Waals surface area (Å²) in [5.74, 6) is 0. The highest BCUT2D eigenvalue weighted by Crippen LogP contribution is 2.13. The average molecular weight is 254 g/mol. The van der Waals surface area contributed by atoms with Gasteiger partial charge in [0.05, 0.1) is 10.7 Å². The SMILES string of the molecule is CCc1nc(CN2CCN(CCN)CC2)cs1. The first-order chi connectivity index (χ1) is 8.31. The van der Waals surface area contributed by atoms with Crippen molar-refractivity contribution < 1.29 is 0 Å². The van der Waals surface area contributed by atoms with E-state index in [2.05, 4.69) is 27.1 Å². The van der Waals surface area contributed by atoms with Crippen molar-refractivity contribution in [2.24, 2.45) is 5.73 Å². The fraction of sp³-hybridized carbons (Fsp3) is 0.750. The summed E-state index contributed by atoms with van der Waals surface area (Å²) < 4.78 is 0. The van der Waals surface area contributed by atoms with Gasteiger partial charge >= 0.3 is 0 Å². The number of nitrogens with two attached hydrogens (primary N) is 1. The number of hydrogen-bond donors (Lipinski definition) is 1. The van der Waals surface area contributed by atoms with E-state index in [1.807, 2.05) is 0 Å². The average Bonchev–Trinajstić information content (AvgIpc) is 2.80. The van der Waals surface area contributed by atoms with Crippen molar-refractivity contribution in [1.29, 1.82) is 0 Å². The summed E-state index contributed by atoms with van der Waals surface area (Å²) >= 11 is 1.78. The molecule has 0 saturated carbocycles. The summed E-state index contributed by atoms with van der Waals surface area (Å²) in [5.41, 5.74) is 6.81. The lowest BCUT2D eigenvalue weighted by molar-refractivity contribution is 0.129. The standard InChI is InChI=1S/C12H22N4S/c1-2-12-14-11(10-17-12)9-16-7-5-15(4-3-13)6-8-16/h10H,2-9,13H2,1H3. The predicted molar refractivity (Wildman–Crippen MR) is 72.3 cm³/mol. The number of aryl methyl sites for hydroxylation is 1. The number of nitrogens with zero attached hydrogens (tertiary/aromatic N) is 3. The Hall–Kier alpha value is -0.490. The first-order valence-corrected chi connectivity index (χ1v) is 7.28. The van der Waals surface area contributed by atoms with Gasteiger partial charge in [-0.1, -0.05) is 6.92 Å². The second-order valence-corrected chi connectivity index (χ2v) is 5.44. The second-order valence-electron chi connectivity index (χ2n) is 4.49. The Kier molecular flexibility index (Phi) is 4.91. The van der Waals surface area contributed by atoms with E-state index in [0.29, 0.717) is 0 Å². The zero-order chi connectivity index (χ0) is 12.1. The van der Waals surface area contributed by atoms with Crippen LogP contribution in [0.25, 0.3) is 0 Å². The molecule has 1 aromatic rings. The molecule has 0 spiro atoms. The van der Waals surface area contributed by atoms with Crippen LogP contribution in [0.2, 0.25) is 0 Å². The van der Waals surface area contributed by atoms with Crippen LogP contribution in [-0.2, 0) is 13.0 Å². The molecule has 0 unspecified atom stereocenters. The zero-order valence-electron chi connectivity index (χ0n) is 10.6. The van der Waals surface area contributed by atoms with Gasteiger partial charge in [-0.3, -0.25) is 9.80 Å². The Morgan fingerprint density at radius 2 is 2.00 bits per heavy atom. The van der Waals surface area contributed by atoms with Gasteiger partial charge in [-0.15, -0.1) is 11.3 Å². The van der Waals surface area contributed by atoms with Crippen LogP contribution in [0.4, 0.5) is 0 Å². The molecule has 2 rings (SSSR count). The van der Waals surface area contributed by atoms with E-state index in [-0.39, 0.29) is 0 Å². The van der Waals surface area contributed by atoms with Crippen molar-refractivity contribution in [2.75, 3.05) is 39.3 Å². The van der Waals surface area contributed by atoms with Gasteiger partial charge in [0.15, 0.2) is 0 Å². The molecule has 96 valence electrons. The number of rotatable bonds is 5. The lowest BCUT2D eigenvalue weighted by Gasteiger charge is -2.34. The maximum atomic E-state index is 5.57. The van der Waals surface area contributed by atoms with Gasteiger partial charge in [0.1, 0.15) is 0 Å². The molecular weight excluding hydrogens is 232 g/mol. The maximum absolute atomic E-state index is 5.57. The van der Waals surface area contributed by atoms with Crippen molar-refractivity contribution in [3.05, 3.63) is 16.1 Å². The molecule has 2 N–H and O–H groups in total. The molecule has 5 heteroatoms. The van der Waals surface area contributed by atoms with Crippen LogP contribution in [0.5, 0.6) is 0 Å². The Bertz CT molecular complexity index is 331. The van der Waals surface area contributed by atoms with Crippen molar-refractivity contribution in [2.45, 2.75) is 19.9 Å². The van der Waals surface area contributed by atoms with Crippen LogP contribution in [0, 0.1) is 0 Å². The molecule has 0 amide bonds. The van der Waals surface area contributed by atoms with E-state index in [9.17, 15) is 0 Å². The lowest BCUT2D eigenvalue weighted by Crippen LogP contribution is -2.47. The quantitative estimate of drug-likeness (QED) is 0.843. The van der Waals surface area contributed by atoms with E-state index in [0.717, 1.165) is 52.2 Å². The second kappa shape index (κ2) is 6.44. The normalized spacial score (nSPS) is 18.7. The molecule has 0 radical (unpaired) electrons. The Morgan fingerprint density at radius 1 is 1.29 bits per heavy atom. The van der Waals surface area contributed by atoms with Gasteiger partial charge in [0, 0.05) is 51.2 Å². The van der Waals surface area contributed by atoms with E-state index in [1.165, 1.54) is 10.7 Å². The molecule has 0 bridgehead atoms. The van der Waals surface area contributed by atoms with Crippen molar-refractivity contribution in [3.63, 3.8) is 0 Å². The van der Waals surface area contributed by atoms with E-state index >= 15 is 0 Å². The minimum Gasteiger partial charge on any atom is -0.329 e. The summed E-state index contributed by atoms with van der Waals surface area (Å²) in [5, 5.41) is 3.45. The van der Waals surface area contributed by atoms with Crippen LogP contribution in [-0.4, -0.2) is 54.1 Å². The van der Waals surface area contributed by atoms with Gasteiger partial charge in [0.2, 0.25) is 0 Å². The number of thiazole rings is 1. The molecular formula is C12H22N4S. The fourth-order valence-electron chi connectivity index (χ4n) is 2.17. The van der Waals surface area contributed by atoms with E-state index in [4.69, 9.17) is 5.73 Å². The highest BCUT2D eigenvalue weighted by Gasteiger charge is 2.16. The van der Waals surface area contributed by atoms with Gasteiger partial charge in [-0.05, 0) is 6.42 Å². The number of hydrogen-bond acceptors (Lipinski definition) is 5. The molecule has 1 fully saturated rings. The molecule has 0 aliphatic carbocycles. The van der Waals surface area contributed by atoms with Gasteiger partial charge < -0.3 is 5.73 Å². The van der Waals surface area contributed by atoms with Crippen LogP contribution in [0.15, 0.2) is 5.38 Å². The van der Waals surface area contributed by atoms with Gasteiger partial charge in [0.25, 0.3) is 0 Å². The van der Waals surface area contributed by atoms with Crippen molar-refractivity contribution in [3.8, 4) is 0 Å². The monoisotopic (exact) mass is 254 g/mol. The van der Waals surface area contributed by atoms with Crippen LogP contribution in [0.3, 0.4) is 0 Å². The summed E-state index contributed by atoms with van der Waals surface area (Å²) in [6, 6.07) is 0. The van der Waals surface area contributed by atoms with E-state index in [1.54, 1.807) is 11.3 Å². The minimum absolute atomic E-state index is 0.770. The van der Waals surface area contributed by atoms with Gasteiger partial charge in [-0.2, -0.15) is 0 Å². The summed E-state index contributed by atoms with van der Waals surface area (Å²) in [6.07, 6.45) is 1.05. The number of piperazine rings is 1. The molecule has 4 nitrogen and oxygen atoms in total. The highest BCUT2D eigenvalue weighted by atomic mass is 32.1. The van der Waals surface area contributed by atoms with Crippen LogP contribution < -0.4 is 5.73 Å². The van der Waals surface area contributed by atoms with Crippen molar-refractivity contribution in [1.82, 2.24) is 14.8 Å². The topological polar surface area (TPSA) is 45.4 Å². The maximum Gasteiger partial charge on any atom is 0.0926 e. The summed E-state index contributed by atoms with van der Waals surface area (Å²) in [4.78, 5) is 9.55. The molecule has 1 aliphatic rings. The first-order valence-electron chi connectivity index (χ1n) is 6.40. The largest absolute Gasteiger partial charge is 0.329 e. The Morgan fingerprint density at radius 3 is 2.59 bits per heavy atom. The smallest absolute Gasteiger partial charge is 0.0926 e. The zero-order valence-corrected chi connectivity index (χ0v) is 11.4. The molecule has 1 aromatic heterocycles. The molecule has 0 aromatic carbocycles. The van der Waals surface area contributed by atoms with E-state index < -0.39 is 0 Å².